The molecule has 0 spiro atoms. The van der Waals surface area contributed by atoms with Gasteiger partial charge >= 0.3 is 0 Å². The van der Waals surface area contributed by atoms with Gasteiger partial charge in [0, 0.05) is 109 Å². The number of likely N-dealkylation sites (N-methyl/N-ethyl adjacent to an activating group) is 2. The third kappa shape index (κ3) is 5.03. The minimum Gasteiger partial charge on any atom is -0.357 e. The molecule has 2 aromatic heterocycles. The molecule has 4 fully saturated rings. The topological polar surface area (TPSA) is 51.0 Å². The minimum atomic E-state index is 0.540. The third-order valence-electron chi connectivity index (χ3n) is 12.0. The normalized spacial score (nSPS) is 29.3. The maximum Gasteiger partial charge on any atom is 0.0759 e. The van der Waals surface area contributed by atoms with Crippen LogP contribution in [0.2, 0.25) is 10.0 Å². The molecule has 6 aliphatic heterocycles. The van der Waals surface area contributed by atoms with Gasteiger partial charge in [-0.2, -0.15) is 0 Å². The van der Waals surface area contributed by atoms with E-state index in [0.29, 0.717) is 24.4 Å². The zero-order valence-electron chi connectivity index (χ0n) is 27.1. The molecule has 0 amide bonds. The van der Waals surface area contributed by atoms with Crippen LogP contribution < -0.4 is 0 Å². The van der Waals surface area contributed by atoms with Crippen molar-refractivity contribution in [2.75, 3.05) is 79.5 Å². The molecule has 46 heavy (non-hydrogen) atoms. The third-order valence-corrected chi connectivity index (χ3v) is 12.5. The molecule has 4 saturated heterocycles. The molecule has 2 N–H and O–H groups in total. The highest BCUT2D eigenvalue weighted by molar-refractivity contribution is 6.31. The first-order chi connectivity index (χ1) is 22.4. The number of fused-ring (bicyclic) bond motifs is 14. The summed E-state index contributed by atoms with van der Waals surface area (Å²) >= 11 is 12.5. The molecule has 0 radical (unpaired) electrons. The van der Waals surface area contributed by atoms with Gasteiger partial charge in [-0.1, -0.05) is 23.2 Å². The van der Waals surface area contributed by atoms with Crippen molar-refractivity contribution in [3.05, 3.63) is 69.0 Å². The predicted molar refractivity (Wildman–Crippen MR) is 188 cm³/mol. The SMILES string of the molecule is CN1CCN2CC[C@@H]3c4[nH]c5ccc(Cl)cc5c4CCN3[C@@H]2C1.CN1CCN2CC[C@H]3c4[nH]c5ccc(Cl)cc5c4CCN3[C@H]2C1. The van der Waals surface area contributed by atoms with E-state index < -0.39 is 0 Å². The zero-order valence-corrected chi connectivity index (χ0v) is 28.6. The van der Waals surface area contributed by atoms with Gasteiger partial charge in [-0.25, -0.2) is 0 Å². The Labute approximate surface area is 282 Å². The maximum atomic E-state index is 6.23. The second kappa shape index (κ2) is 11.8. The van der Waals surface area contributed by atoms with E-state index in [4.69, 9.17) is 23.2 Å². The van der Waals surface area contributed by atoms with Crippen molar-refractivity contribution >= 4 is 45.0 Å². The molecule has 2 aromatic carbocycles. The molecule has 4 atom stereocenters. The van der Waals surface area contributed by atoms with Gasteiger partial charge in [0.05, 0.1) is 24.4 Å². The fourth-order valence-corrected chi connectivity index (χ4v) is 9.99. The molecule has 4 aromatic rings. The summed E-state index contributed by atoms with van der Waals surface area (Å²) in [5, 5.41) is 4.33. The van der Waals surface area contributed by atoms with Gasteiger partial charge in [-0.3, -0.25) is 19.6 Å². The van der Waals surface area contributed by atoms with E-state index >= 15 is 0 Å². The standard InChI is InChI=1S/2C18H23ClN4/c2*1-21-8-9-22-6-5-16-18-13(4-7-23(16)17(22)11-21)14-10-12(19)2-3-15(14)20-18/h2*2-3,10,16-17,20H,4-9,11H2,1H3/t2*16-,17-/m10/s1. The van der Waals surface area contributed by atoms with Crippen molar-refractivity contribution in [1.82, 2.24) is 39.4 Å². The molecular formula is C36H46Cl2N8. The number of benzene rings is 2. The summed E-state index contributed by atoms with van der Waals surface area (Å²) in [7, 11) is 4.50. The lowest BCUT2D eigenvalue weighted by Gasteiger charge is -2.53. The Hall–Kier alpha value is -2.14. The summed E-state index contributed by atoms with van der Waals surface area (Å²) in [5.74, 6) is 0. The van der Waals surface area contributed by atoms with Crippen molar-refractivity contribution < 1.29 is 0 Å². The van der Waals surface area contributed by atoms with Crippen LogP contribution in [-0.4, -0.2) is 131 Å². The van der Waals surface area contributed by atoms with Gasteiger partial charge in [-0.05, 0) is 87.3 Å². The predicted octanol–water partition coefficient (Wildman–Crippen LogP) is 5.40. The van der Waals surface area contributed by atoms with Crippen LogP contribution in [0.4, 0.5) is 0 Å². The number of nitrogens with one attached hydrogen (secondary N) is 2. The molecule has 0 unspecified atom stereocenters. The molecular weight excluding hydrogens is 615 g/mol. The molecule has 0 aliphatic carbocycles. The van der Waals surface area contributed by atoms with Crippen molar-refractivity contribution in [3.8, 4) is 0 Å². The van der Waals surface area contributed by atoms with Gasteiger partial charge in [0.25, 0.3) is 0 Å². The Balaban J connectivity index is 0.000000127. The van der Waals surface area contributed by atoms with Crippen LogP contribution in [0, 0.1) is 0 Å². The zero-order chi connectivity index (χ0) is 31.1. The Morgan fingerprint density at radius 3 is 1.50 bits per heavy atom. The van der Waals surface area contributed by atoms with Crippen LogP contribution in [0.5, 0.6) is 0 Å². The van der Waals surface area contributed by atoms with E-state index in [1.165, 1.54) is 96.4 Å². The molecule has 10 heteroatoms. The molecule has 8 heterocycles. The Morgan fingerprint density at radius 1 is 0.587 bits per heavy atom. The average molecular weight is 662 g/mol. The lowest BCUT2D eigenvalue weighted by Crippen LogP contribution is -2.64. The molecule has 10 rings (SSSR count). The first-order valence-electron chi connectivity index (χ1n) is 17.4. The van der Waals surface area contributed by atoms with Crippen molar-refractivity contribution in [2.24, 2.45) is 0 Å². The molecule has 8 nitrogen and oxygen atoms in total. The van der Waals surface area contributed by atoms with Crippen LogP contribution >= 0.6 is 23.2 Å². The quantitative estimate of drug-likeness (QED) is 0.264. The number of hydrogen-bond acceptors (Lipinski definition) is 6. The van der Waals surface area contributed by atoms with Gasteiger partial charge in [0.15, 0.2) is 0 Å². The molecule has 0 bridgehead atoms. The number of hydrogen-bond donors (Lipinski definition) is 2. The second-order valence-electron chi connectivity index (χ2n) is 14.6. The Bertz CT molecular complexity index is 1640. The molecule has 0 saturated carbocycles. The highest BCUT2D eigenvalue weighted by Gasteiger charge is 2.43. The Morgan fingerprint density at radius 2 is 1.04 bits per heavy atom. The van der Waals surface area contributed by atoms with E-state index in [1.807, 2.05) is 12.1 Å². The number of aromatic nitrogens is 2. The summed E-state index contributed by atoms with van der Waals surface area (Å²) in [4.78, 5) is 23.2. The van der Waals surface area contributed by atoms with Crippen molar-refractivity contribution in [1.29, 1.82) is 0 Å². The smallest absolute Gasteiger partial charge is 0.0759 e. The Kier molecular flexibility index (Phi) is 7.67. The first kappa shape index (κ1) is 30.0. The van der Waals surface area contributed by atoms with E-state index in [2.05, 4.69) is 77.7 Å². The second-order valence-corrected chi connectivity index (χ2v) is 15.4. The highest BCUT2D eigenvalue weighted by atomic mass is 35.5. The van der Waals surface area contributed by atoms with Crippen LogP contribution in [0.3, 0.4) is 0 Å². The number of halogens is 2. The van der Waals surface area contributed by atoms with Crippen molar-refractivity contribution in [3.63, 3.8) is 0 Å². The molecule has 6 aliphatic rings. The summed E-state index contributed by atoms with van der Waals surface area (Å²) < 4.78 is 0. The van der Waals surface area contributed by atoms with Gasteiger partial charge < -0.3 is 19.8 Å². The van der Waals surface area contributed by atoms with E-state index in [-0.39, 0.29) is 0 Å². The highest BCUT2D eigenvalue weighted by Crippen LogP contribution is 2.43. The lowest BCUT2D eigenvalue weighted by molar-refractivity contribution is -0.0772. The minimum absolute atomic E-state index is 0.540. The number of piperazine rings is 2. The first-order valence-corrected chi connectivity index (χ1v) is 18.1. The fourth-order valence-electron chi connectivity index (χ4n) is 9.64. The van der Waals surface area contributed by atoms with E-state index in [9.17, 15) is 0 Å². The van der Waals surface area contributed by atoms with E-state index in [0.717, 1.165) is 49.1 Å². The average Bonchev–Trinajstić information content (AvgIpc) is 3.62. The van der Waals surface area contributed by atoms with Gasteiger partial charge in [-0.15, -0.1) is 0 Å². The lowest BCUT2D eigenvalue weighted by atomic mass is 9.92. The monoisotopic (exact) mass is 660 g/mol. The fraction of sp³-hybridized carbons (Fsp3) is 0.556. The summed E-state index contributed by atoms with van der Waals surface area (Å²) in [6, 6.07) is 13.6. The largest absolute Gasteiger partial charge is 0.357 e. The summed E-state index contributed by atoms with van der Waals surface area (Å²) in [6.07, 6.45) is 5.87. The summed E-state index contributed by atoms with van der Waals surface area (Å²) in [6.45, 7) is 11.9. The van der Waals surface area contributed by atoms with Crippen LogP contribution in [0.15, 0.2) is 36.4 Å². The van der Waals surface area contributed by atoms with Crippen LogP contribution in [-0.2, 0) is 12.8 Å². The number of nitrogens with zero attached hydrogens (tertiary/aromatic N) is 6. The molecule has 244 valence electrons. The number of H-pyrrole nitrogens is 2. The van der Waals surface area contributed by atoms with E-state index in [1.54, 1.807) is 0 Å². The van der Waals surface area contributed by atoms with Gasteiger partial charge in [0.2, 0.25) is 0 Å². The van der Waals surface area contributed by atoms with Crippen LogP contribution in [0.25, 0.3) is 21.8 Å². The number of rotatable bonds is 0. The summed E-state index contributed by atoms with van der Waals surface area (Å²) in [5.41, 5.74) is 8.37. The van der Waals surface area contributed by atoms with Crippen molar-refractivity contribution in [2.45, 2.75) is 50.1 Å². The van der Waals surface area contributed by atoms with Crippen LogP contribution in [0.1, 0.15) is 47.4 Å². The van der Waals surface area contributed by atoms with Gasteiger partial charge in [0.1, 0.15) is 0 Å². The number of aromatic amines is 2. The maximum absolute atomic E-state index is 6.23.